The van der Waals surface area contributed by atoms with Crippen LogP contribution in [0.1, 0.15) is 5.56 Å². The SMILES string of the molecule is C[Si](C)(C)CCOCn1cc(-c2cn(S(=O)(=O)Cc3ccccc3)c3cnc(Br)cc23)cn1. The van der Waals surface area contributed by atoms with Gasteiger partial charge in [-0.15, -0.1) is 0 Å². The van der Waals surface area contributed by atoms with E-state index in [0.717, 1.165) is 28.1 Å². The van der Waals surface area contributed by atoms with Crippen LogP contribution >= 0.6 is 15.9 Å². The zero-order valence-corrected chi connectivity index (χ0v) is 22.3. The van der Waals surface area contributed by atoms with Gasteiger partial charge in [0.25, 0.3) is 0 Å². The molecule has 0 spiro atoms. The van der Waals surface area contributed by atoms with Crippen LogP contribution in [0.25, 0.3) is 22.0 Å². The molecule has 4 rings (SSSR count). The topological polar surface area (TPSA) is 79.0 Å². The van der Waals surface area contributed by atoms with Crippen molar-refractivity contribution < 1.29 is 13.2 Å². The molecule has 0 atom stereocenters. The van der Waals surface area contributed by atoms with Gasteiger partial charge in [-0.25, -0.2) is 22.1 Å². The van der Waals surface area contributed by atoms with Crippen LogP contribution in [0.3, 0.4) is 0 Å². The second-order valence-corrected chi connectivity index (χ2v) is 17.5. The minimum Gasteiger partial charge on any atom is -0.360 e. The lowest BCUT2D eigenvalue weighted by molar-refractivity contribution is 0.0786. The van der Waals surface area contributed by atoms with Crippen LogP contribution < -0.4 is 0 Å². The molecule has 0 amide bonds. The predicted molar refractivity (Wildman–Crippen MR) is 137 cm³/mol. The van der Waals surface area contributed by atoms with Crippen LogP contribution in [-0.4, -0.2) is 41.8 Å². The van der Waals surface area contributed by atoms with Gasteiger partial charge in [-0.1, -0.05) is 50.0 Å². The normalized spacial score (nSPS) is 12.5. The maximum Gasteiger partial charge on any atom is 0.243 e. The molecule has 33 heavy (non-hydrogen) atoms. The summed E-state index contributed by atoms with van der Waals surface area (Å²) in [5.74, 6) is -0.0999. The molecule has 7 nitrogen and oxygen atoms in total. The highest BCUT2D eigenvalue weighted by Gasteiger charge is 2.21. The molecule has 3 heterocycles. The monoisotopic (exact) mass is 546 g/mol. The van der Waals surface area contributed by atoms with E-state index in [1.807, 2.05) is 42.6 Å². The first kappa shape index (κ1) is 23.9. The van der Waals surface area contributed by atoms with Gasteiger partial charge in [0.15, 0.2) is 0 Å². The molecule has 0 bridgehead atoms. The molecule has 0 saturated carbocycles. The molecular formula is C23H27BrN4O3SSi. The highest BCUT2D eigenvalue weighted by atomic mass is 79.9. The van der Waals surface area contributed by atoms with Gasteiger partial charge >= 0.3 is 0 Å². The number of aromatic nitrogens is 4. The van der Waals surface area contributed by atoms with Crippen molar-refractivity contribution in [3.8, 4) is 11.1 Å². The molecule has 0 saturated heterocycles. The molecule has 4 aromatic rings. The largest absolute Gasteiger partial charge is 0.360 e. The van der Waals surface area contributed by atoms with E-state index in [1.54, 1.807) is 23.3 Å². The van der Waals surface area contributed by atoms with Gasteiger partial charge in [-0.2, -0.15) is 5.10 Å². The molecule has 0 aliphatic rings. The van der Waals surface area contributed by atoms with Gasteiger partial charge in [0, 0.05) is 43.6 Å². The van der Waals surface area contributed by atoms with E-state index >= 15 is 0 Å². The van der Waals surface area contributed by atoms with Gasteiger partial charge in [0.2, 0.25) is 10.0 Å². The molecule has 0 N–H and O–H groups in total. The number of benzene rings is 1. The molecule has 174 valence electrons. The fraction of sp³-hybridized carbons (Fsp3) is 0.304. The van der Waals surface area contributed by atoms with E-state index in [1.165, 1.54) is 3.97 Å². The molecule has 0 fully saturated rings. The summed E-state index contributed by atoms with van der Waals surface area (Å²) in [6, 6.07) is 12.1. The van der Waals surface area contributed by atoms with Crippen molar-refractivity contribution in [3.63, 3.8) is 0 Å². The Morgan fingerprint density at radius 2 is 1.85 bits per heavy atom. The third-order valence-corrected chi connectivity index (χ3v) is 9.02. The molecule has 3 aromatic heterocycles. The summed E-state index contributed by atoms with van der Waals surface area (Å²) in [4.78, 5) is 4.26. The van der Waals surface area contributed by atoms with E-state index in [2.05, 4.69) is 45.7 Å². The molecule has 0 radical (unpaired) electrons. The minimum absolute atomic E-state index is 0.0999. The van der Waals surface area contributed by atoms with Crippen LogP contribution in [0.4, 0.5) is 0 Å². The number of pyridine rings is 1. The Hall–Kier alpha value is -2.27. The Labute approximate surface area is 203 Å². The first-order valence-corrected chi connectivity index (χ1v) is 16.8. The molecule has 0 aliphatic carbocycles. The molecule has 0 aliphatic heterocycles. The summed E-state index contributed by atoms with van der Waals surface area (Å²) < 4.78 is 36.1. The van der Waals surface area contributed by atoms with E-state index in [-0.39, 0.29) is 5.75 Å². The predicted octanol–water partition coefficient (Wildman–Crippen LogP) is 5.35. The number of hydrogen-bond donors (Lipinski definition) is 0. The number of fused-ring (bicyclic) bond motifs is 1. The summed E-state index contributed by atoms with van der Waals surface area (Å²) in [5.41, 5.74) is 2.86. The van der Waals surface area contributed by atoms with Crippen molar-refractivity contribution in [2.24, 2.45) is 0 Å². The van der Waals surface area contributed by atoms with Gasteiger partial charge < -0.3 is 4.74 Å². The Kier molecular flexibility index (Phi) is 6.90. The van der Waals surface area contributed by atoms with Crippen LogP contribution in [0, 0.1) is 0 Å². The molecule has 0 unspecified atom stereocenters. The highest BCUT2D eigenvalue weighted by Crippen LogP contribution is 2.33. The lowest BCUT2D eigenvalue weighted by atomic mass is 10.1. The third kappa shape index (κ3) is 5.81. The van der Waals surface area contributed by atoms with Crippen LogP contribution in [0.5, 0.6) is 0 Å². The van der Waals surface area contributed by atoms with Gasteiger partial charge in [-0.05, 0) is 33.6 Å². The van der Waals surface area contributed by atoms with Crippen molar-refractivity contribution in [3.05, 3.63) is 71.4 Å². The second kappa shape index (κ2) is 9.53. The summed E-state index contributed by atoms with van der Waals surface area (Å²) >= 11 is 3.41. The maximum atomic E-state index is 13.3. The first-order chi connectivity index (χ1) is 15.6. The molecule has 10 heteroatoms. The van der Waals surface area contributed by atoms with E-state index in [4.69, 9.17) is 4.74 Å². The van der Waals surface area contributed by atoms with Crippen molar-refractivity contribution in [2.45, 2.75) is 38.2 Å². The fourth-order valence-electron chi connectivity index (χ4n) is 3.49. The Bertz CT molecular complexity index is 1360. The molecular weight excluding hydrogens is 520 g/mol. The quantitative estimate of drug-likeness (QED) is 0.160. The number of ether oxygens (including phenoxy) is 1. The summed E-state index contributed by atoms with van der Waals surface area (Å²) in [7, 11) is -4.80. The Morgan fingerprint density at radius 3 is 2.58 bits per heavy atom. The van der Waals surface area contributed by atoms with Crippen molar-refractivity contribution in [2.75, 3.05) is 6.61 Å². The maximum absolute atomic E-state index is 13.3. The molecule has 1 aromatic carbocycles. The Balaban J connectivity index is 1.64. The smallest absolute Gasteiger partial charge is 0.243 e. The lowest BCUT2D eigenvalue weighted by Crippen LogP contribution is -2.22. The van der Waals surface area contributed by atoms with Crippen LogP contribution in [-0.2, 0) is 27.2 Å². The third-order valence-electron chi connectivity index (χ3n) is 5.28. The van der Waals surface area contributed by atoms with E-state index in [9.17, 15) is 8.42 Å². The van der Waals surface area contributed by atoms with Gasteiger partial charge in [0.1, 0.15) is 11.3 Å². The zero-order valence-electron chi connectivity index (χ0n) is 18.9. The number of rotatable bonds is 9. The van der Waals surface area contributed by atoms with Crippen molar-refractivity contribution in [1.29, 1.82) is 0 Å². The Morgan fingerprint density at radius 1 is 1.09 bits per heavy atom. The van der Waals surface area contributed by atoms with E-state index < -0.39 is 18.1 Å². The van der Waals surface area contributed by atoms with Gasteiger partial charge in [0.05, 0.1) is 23.7 Å². The van der Waals surface area contributed by atoms with Crippen molar-refractivity contribution >= 4 is 44.9 Å². The van der Waals surface area contributed by atoms with E-state index in [0.29, 0.717) is 23.5 Å². The number of nitrogens with zero attached hydrogens (tertiary/aromatic N) is 4. The zero-order chi connectivity index (χ0) is 23.6. The minimum atomic E-state index is -3.65. The van der Waals surface area contributed by atoms with Crippen LogP contribution in [0.2, 0.25) is 25.7 Å². The lowest BCUT2D eigenvalue weighted by Gasteiger charge is -2.15. The number of hydrogen-bond acceptors (Lipinski definition) is 5. The fourth-order valence-corrected chi connectivity index (χ4v) is 6.05. The average Bonchev–Trinajstić information content (AvgIpc) is 3.35. The summed E-state index contributed by atoms with van der Waals surface area (Å²) in [6.45, 7) is 8.02. The van der Waals surface area contributed by atoms with Crippen molar-refractivity contribution in [1.82, 2.24) is 18.7 Å². The van der Waals surface area contributed by atoms with Gasteiger partial charge in [-0.3, -0.25) is 0 Å². The first-order valence-electron chi connectivity index (χ1n) is 10.7. The van der Waals surface area contributed by atoms with Crippen LogP contribution in [0.15, 0.2) is 65.8 Å². The standard InChI is InChI=1S/C23H27BrN4O3SSi/c1-33(2,3)10-9-31-17-27-14-19(12-26-27)21-15-28(22-13-25-23(24)11-20(21)22)32(29,30)16-18-7-5-4-6-8-18/h4-8,11-15H,9-10,16-17H2,1-3H3. The number of halogens is 1. The summed E-state index contributed by atoms with van der Waals surface area (Å²) in [6.07, 6.45) is 6.85. The average molecular weight is 548 g/mol. The summed E-state index contributed by atoms with van der Waals surface area (Å²) in [5, 5.41) is 5.20. The second-order valence-electron chi connectivity index (χ2n) is 9.22. The highest BCUT2D eigenvalue weighted by molar-refractivity contribution is 9.10.